The van der Waals surface area contributed by atoms with Crippen LogP contribution in [0.3, 0.4) is 0 Å². The van der Waals surface area contributed by atoms with Crippen molar-refractivity contribution in [2.45, 2.75) is 6.61 Å². The summed E-state index contributed by atoms with van der Waals surface area (Å²) in [5, 5.41) is 3.48. The summed E-state index contributed by atoms with van der Waals surface area (Å²) in [6.45, 7) is 0.502. The maximum Gasteiger partial charge on any atom is 0.161 e. The normalized spacial score (nSPS) is 10.6. The molecule has 0 fully saturated rings. The van der Waals surface area contributed by atoms with E-state index >= 15 is 0 Å². The van der Waals surface area contributed by atoms with Gasteiger partial charge in [-0.15, -0.1) is 0 Å². The minimum absolute atomic E-state index is 0.502. The zero-order chi connectivity index (χ0) is 13.5. The molecule has 19 heavy (non-hydrogen) atoms. The summed E-state index contributed by atoms with van der Waals surface area (Å²) in [4.78, 5) is 0. The van der Waals surface area contributed by atoms with Gasteiger partial charge in [0, 0.05) is 0 Å². The maximum atomic E-state index is 5.75. The predicted octanol–water partition coefficient (Wildman–Crippen LogP) is 2.57. The molecule has 2 aromatic rings. The van der Waals surface area contributed by atoms with Gasteiger partial charge >= 0.3 is 0 Å². The van der Waals surface area contributed by atoms with Gasteiger partial charge in [-0.1, -0.05) is 30.3 Å². The molecule has 0 aromatic heterocycles. The van der Waals surface area contributed by atoms with Crippen LogP contribution in [-0.2, 0) is 6.61 Å². The Labute approximate surface area is 112 Å². The lowest BCUT2D eigenvalue weighted by Gasteiger charge is -2.11. The van der Waals surface area contributed by atoms with E-state index in [0.29, 0.717) is 18.1 Å². The van der Waals surface area contributed by atoms with Crippen LogP contribution in [-0.4, -0.2) is 13.3 Å². The summed E-state index contributed by atoms with van der Waals surface area (Å²) in [5.41, 5.74) is 1.98. The van der Waals surface area contributed by atoms with E-state index in [4.69, 9.17) is 15.3 Å². The van der Waals surface area contributed by atoms with Crippen LogP contribution in [0, 0.1) is 0 Å². The highest BCUT2D eigenvalue weighted by molar-refractivity contribution is 5.80. The van der Waals surface area contributed by atoms with Gasteiger partial charge in [0.05, 0.1) is 13.3 Å². The molecule has 0 heterocycles. The summed E-state index contributed by atoms with van der Waals surface area (Å²) >= 11 is 0. The van der Waals surface area contributed by atoms with Crippen LogP contribution < -0.4 is 15.3 Å². The van der Waals surface area contributed by atoms with E-state index in [1.165, 1.54) is 0 Å². The number of benzene rings is 2. The van der Waals surface area contributed by atoms with Gasteiger partial charge in [0.15, 0.2) is 11.5 Å². The molecule has 4 nitrogen and oxygen atoms in total. The van der Waals surface area contributed by atoms with E-state index in [2.05, 4.69) is 5.10 Å². The number of nitrogens with two attached hydrogens (primary N) is 1. The first-order valence-corrected chi connectivity index (χ1v) is 5.91. The molecular formula is C15H16N2O2. The minimum Gasteiger partial charge on any atom is -0.493 e. The Morgan fingerprint density at radius 3 is 2.58 bits per heavy atom. The number of nitrogens with zero attached hydrogens (tertiary/aromatic N) is 1. The van der Waals surface area contributed by atoms with Gasteiger partial charge in [0.1, 0.15) is 6.61 Å². The van der Waals surface area contributed by atoms with Crippen LogP contribution in [0.25, 0.3) is 0 Å². The molecule has 0 aliphatic rings. The Balaban J connectivity index is 2.11. The molecule has 4 heteroatoms. The first-order chi connectivity index (χ1) is 9.33. The lowest BCUT2D eigenvalue weighted by atomic mass is 10.2. The van der Waals surface area contributed by atoms with Crippen molar-refractivity contribution in [3.8, 4) is 11.5 Å². The number of hydrazone groups is 1. The number of methoxy groups -OCH3 is 1. The molecule has 0 bridgehead atoms. The number of hydrogen-bond acceptors (Lipinski definition) is 4. The molecule has 0 radical (unpaired) electrons. The molecule has 0 spiro atoms. The van der Waals surface area contributed by atoms with Crippen molar-refractivity contribution in [1.29, 1.82) is 0 Å². The van der Waals surface area contributed by atoms with E-state index in [9.17, 15) is 0 Å². The highest BCUT2D eigenvalue weighted by Gasteiger charge is 2.05. The van der Waals surface area contributed by atoms with Gasteiger partial charge < -0.3 is 15.3 Å². The zero-order valence-corrected chi connectivity index (χ0v) is 10.7. The topological polar surface area (TPSA) is 56.8 Å². The molecular weight excluding hydrogens is 240 g/mol. The fourth-order valence-electron chi connectivity index (χ4n) is 1.71. The highest BCUT2D eigenvalue weighted by Crippen LogP contribution is 2.28. The Morgan fingerprint density at radius 1 is 1.11 bits per heavy atom. The van der Waals surface area contributed by atoms with E-state index < -0.39 is 0 Å². The molecule has 2 aromatic carbocycles. The van der Waals surface area contributed by atoms with Gasteiger partial charge in [-0.25, -0.2) is 0 Å². The average Bonchev–Trinajstić information content (AvgIpc) is 2.47. The largest absolute Gasteiger partial charge is 0.493 e. The number of rotatable bonds is 5. The van der Waals surface area contributed by atoms with E-state index in [1.807, 2.05) is 48.5 Å². The smallest absolute Gasteiger partial charge is 0.161 e. The zero-order valence-electron chi connectivity index (χ0n) is 10.7. The van der Waals surface area contributed by atoms with Crippen molar-refractivity contribution < 1.29 is 9.47 Å². The molecule has 0 aliphatic heterocycles. The molecule has 2 rings (SSSR count). The summed E-state index contributed by atoms with van der Waals surface area (Å²) in [7, 11) is 1.61. The second kappa shape index (κ2) is 6.44. The Hall–Kier alpha value is -2.49. The second-order valence-corrected chi connectivity index (χ2v) is 3.96. The van der Waals surface area contributed by atoms with Gasteiger partial charge in [0.25, 0.3) is 0 Å². The summed E-state index contributed by atoms with van der Waals surface area (Å²) in [5.74, 6) is 6.48. The predicted molar refractivity (Wildman–Crippen MR) is 75.5 cm³/mol. The Kier molecular flexibility index (Phi) is 4.39. The van der Waals surface area contributed by atoms with Crippen molar-refractivity contribution in [1.82, 2.24) is 0 Å². The third kappa shape index (κ3) is 3.48. The molecule has 0 atom stereocenters. The molecule has 0 saturated heterocycles. The van der Waals surface area contributed by atoms with Crippen molar-refractivity contribution in [2.75, 3.05) is 7.11 Å². The third-order valence-corrected chi connectivity index (χ3v) is 2.65. The van der Waals surface area contributed by atoms with Crippen LogP contribution in [0.5, 0.6) is 11.5 Å². The van der Waals surface area contributed by atoms with Crippen molar-refractivity contribution in [3.05, 3.63) is 59.7 Å². The van der Waals surface area contributed by atoms with Gasteiger partial charge in [-0.05, 0) is 29.3 Å². The number of hydrogen-bond donors (Lipinski definition) is 1. The third-order valence-electron chi connectivity index (χ3n) is 2.65. The molecule has 98 valence electrons. The lowest BCUT2D eigenvalue weighted by molar-refractivity contribution is 0.284. The van der Waals surface area contributed by atoms with Crippen molar-refractivity contribution in [3.63, 3.8) is 0 Å². The van der Waals surface area contributed by atoms with Crippen molar-refractivity contribution >= 4 is 6.21 Å². The van der Waals surface area contributed by atoms with Crippen LogP contribution in [0.15, 0.2) is 53.6 Å². The number of ether oxygens (including phenoxy) is 2. The van der Waals surface area contributed by atoms with Gasteiger partial charge in [-0.3, -0.25) is 0 Å². The van der Waals surface area contributed by atoms with Crippen LogP contribution in [0.1, 0.15) is 11.1 Å². The fraction of sp³-hybridized carbons (Fsp3) is 0.133. The fourth-order valence-corrected chi connectivity index (χ4v) is 1.71. The molecule has 0 aliphatic carbocycles. The second-order valence-electron chi connectivity index (χ2n) is 3.96. The lowest BCUT2D eigenvalue weighted by Crippen LogP contribution is -1.98. The average molecular weight is 256 g/mol. The first kappa shape index (κ1) is 13.0. The molecule has 2 N–H and O–H groups in total. The Bertz CT molecular complexity index is 553. The van der Waals surface area contributed by atoms with E-state index in [0.717, 1.165) is 11.1 Å². The first-order valence-electron chi connectivity index (χ1n) is 5.91. The van der Waals surface area contributed by atoms with Gasteiger partial charge in [0.2, 0.25) is 0 Å². The monoisotopic (exact) mass is 256 g/mol. The van der Waals surface area contributed by atoms with Crippen LogP contribution in [0.2, 0.25) is 0 Å². The van der Waals surface area contributed by atoms with Crippen molar-refractivity contribution in [2.24, 2.45) is 10.9 Å². The molecule has 0 saturated carbocycles. The Morgan fingerprint density at radius 2 is 1.89 bits per heavy atom. The van der Waals surface area contributed by atoms with Crippen LogP contribution >= 0.6 is 0 Å². The highest BCUT2D eigenvalue weighted by atomic mass is 16.5. The van der Waals surface area contributed by atoms with Crippen LogP contribution in [0.4, 0.5) is 0 Å². The standard InChI is InChI=1S/C15H16N2O2/c1-18-15-9-13(10-17-16)7-8-14(15)19-11-12-5-3-2-4-6-12/h2-10H,11,16H2,1H3/b17-10-. The SMILES string of the molecule is COc1cc(/C=N\N)ccc1OCc1ccccc1. The molecule has 0 unspecified atom stereocenters. The maximum absolute atomic E-state index is 5.75. The quantitative estimate of drug-likeness (QED) is 0.508. The molecule has 0 amide bonds. The van der Waals surface area contributed by atoms with E-state index in [1.54, 1.807) is 13.3 Å². The van der Waals surface area contributed by atoms with Gasteiger partial charge in [-0.2, -0.15) is 5.10 Å². The summed E-state index contributed by atoms with van der Waals surface area (Å²) in [6.07, 6.45) is 1.56. The summed E-state index contributed by atoms with van der Waals surface area (Å²) < 4.78 is 11.0. The minimum atomic E-state index is 0.502. The summed E-state index contributed by atoms with van der Waals surface area (Å²) in [6, 6.07) is 15.5. The van der Waals surface area contributed by atoms with E-state index in [-0.39, 0.29) is 0 Å².